The Morgan fingerprint density at radius 2 is 1.95 bits per heavy atom. The van der Waals surface area contributed by atoms with Crippen LogP contribution in [0.15, 0.2) is 18.2 Å². The highest BCUT2D eigenvalue weighted by molar-refractivity contribution is 5.85. The average Bonchev–Trinajstić information content (AvgIpc) is 2.41. The molecule has 120 valence electrons. The van der Waals surface area contributed by atoms with Gasteiger partial charge in [0, 0.05) is 18.5 Å². The van der Waals surface area contributed by atoms with E-state index >= 15 is 0 Å². The van der Waals surface area contributed by atoms with Crippen molar-refractivity contribution in [2.75, 3.05) is 20.8 Å². The topological polar surface area (TPSA) is 73.6 Å². The molecule has 5 nitrogen and oxygen atoms in total. The van der Waals surface area contributed by atoms with Gasteiger partial charge in [0.25, 0.3) is 0 Å². The first-order chi connectivity index (χ1) is 9.35. The molecule has 0 atom stereocenters. The van der Waals surface area contributed by atoms with Crippen LogP contribution in [0, 0.1) is 0 Å². The number of hydrogen-bond acceptors (Lipinski definition) is 4. The highest BCUT2D eigenvalue weighted by Crippen LogP contribution is 2.25. The molecule has 6 heteroatoms. The summed E-state index contributed by atoms with van der Waals surface area (Å²) in [5, 5.41) is 2.82. The molecule has 1 rings (SSSR count). The van der Waals surface area contributed by atoms with Gasteiger partial charge in [-0.1, -0.05) is 0 Å². The Morgan fingerprint density at radius 1 is 1.29 bits per heavy atom. The minimum atomic E-state index is -0.399. The van der Waals surface area contributed by atoms with E-state index in [1.54, 1.807) is 14.2 Å². The summed E-state index contributed by atoms with van der Waals surface area (Å²) in [6, 6.07) is 5.56. The standard InChI is InChI=1S/C15H24N2O3.ClH/c1-15(2,16)10-17-14(18)8-5-11-9-12(19-3)6-7-13(11)20-4;/h6-7,9H,5,8,10,16H2,1-4H3,(H,17,18);1H. The molecule has 1 amide bonds. The van der Waals surface area contributed by atoms with Crippen molar-refractivity contribution >= 4 is 18.3 Å². The van der Waals surface area contributed by atoms with Crippen LogP contribution in [0.2, 0.25) is 0 Å². The van der Waals surface area contributed by atoms with Crippen molar-refractivity contribution in [3.8, 4) is 11.5 Å². The third kappa shape index (κ3) is 7.20. The maximum atomic E-state index is 11.8. The molecule has 0 saturated carbocycles. The van der Waals surface area contributed by atoms with E-state index < -0.39 is 5.54 Å². The zero-order chi connectivity index (χ0) is 15.2. The molecular formula is C15H25ClN2O3. The van der Waals surface area contributed by atoms with Gasteiger partial charge in [-0.2, -0.15) is 0 Å². The largest absolute Gasteiger partial charge is 0.497 e. The van der Waals surface area contributed by atoms with E-state index in [0.29, 0.717) is 19.4 Å². The predicted molar refractivity (Wildman–Crippen MR) is 86.4 cm³/mol. The van der Waals surface area contributed by atoms with E-state index in [4.69, 9.17) is 15.2 Å². The SMILES string of the molecule is COc1ccc(OC)c(CCC(=O)NCC(C)(C)N)c1.Cl. The molecule has 0 fully saturated rings. The second-order valence-corrected chi connectivity index (χ2v) is 5.44. The lowest BCUT2D eigenvalue weighted by Gasteiger charge is -2.19. The van der Waals surface area contributed by atoms with Crippen LogP contribution >= 0.6 is 12.4 Å². The molecule has 21 heavy (non-hydrogen) atoms. The first-order valence-electron chi connectivity index (χ1n) is 6.62. The third-order valence-electron chi connectivity index (χ3n) is 2.85. The minimum absolute atomic E-state index is 0. The van der Waals surface area contributed by atoms with E-state index in [0.717, 1.165) is 17.1 Å². The van der Waals surface area contributed by atoms with Crippen LogP contribution in [0.4, 0.5) is 0 Å². The first kappa shape index (κ1) is 19.5. The molecule has 1 aromatic rings. The summed E-state index contributed by atoms with van der Waals surface area (Å²) in [5.41, 5.74) is 6.38. The number of carbonyl (C=O) groups excluding carboxylic acids is 1. The summed E-state index contributed by atoms with van der Waals surface area (Å²) < 4.78 is 10.5. The number of halogens is 1. The Kier molecular flexibility index (Phi) is 8.14. The number of nitrogens with one attached hydrogen (secondary N) is 1. The van der Waals surface area contributed by atoms with Gasteiger partial charge >= 0.3 is 0 Å². The highest BCUT2D eigenvalue weighted by Gasteiger charge is 2.13. The molecule has 0 bridgehead atoms. The van der Waals surface area contributed by atoms with Gasteiger partial charge in [-0.25, -0.2) is 0 Å². The number of nitrogens with two attached hydrogens (primary N) is 1. The Hall–Kier alpha value is -1.46. The number of hydrogen-bond donors (Lipinski definition) is 2. The molecule has 0 spiro atoms. The fourth-order valence-corrected chi connectivity index (χ4v) is 1.74. The summed E-state index contributed by atoms with van der Waals surface area (Å²) in [7, 11) is 3.23. The van der Waals surface area contributed by atoms with E-state index in [1.807, 2.05) is 32.0 Å². The number of amides is 1. The Balaban J connectivity index is 0.00000400. The fourth-order valence-electron chi connectivity index (χ4n) is 1.74. The van der Waals surface area contributed by atoms with Gasteiger partial charge in [0.2, 0.25) is 5.91 Å². The lowest BCUT2D eigenvalue weighted by atomic mass is 10.1. The lowest BCUT2D eigenvalue weighted by molar-refractivity contribution is -0.121. The molecular weight excluding hydrogens is 292 g/mol. The minimum Gasteiger partial charge on any atom is -0.497 e. The van der Waals surface area contributed by atoms with Crippen LogP contribution in [-0.4, -0.2) is 32.2 Å². The van der Waals surface area contributed by atoms with Crippen LogP contribution in [0.1, 0.15) is 25.8 Å². The first-order valence-corrected chi connectivity index (χ1v) is 6.62. The number of benzene rings is 1. The molecule has 0 heterocycles. The maximum absolute atomic E-state index is 11.8. The second-order valence-electron chi connectivity index (χ2n) is 5.44. The fraction of sp³-hybridized carbons (Fsp3) is 0.533. The van der Waals surface area contributed by atoms with Crippen LogP contribution in [0.3, 0.4) is 0 Å². The van der Waals surface area contributed by atoms with Crippen molar-refractivity contribution < 1.29 is 14.3 Å². The molecule has 3 N–H and O–H groups in total. The van der Waals surface area contributed by atoms with E-state index in [1.165, 1.54) is 0 Å². The van der Waals surface area contributed by atoms with Crippen molar-refractivity contribution in [3.63, 3.8) is 0 Å². The summed E-state index contributed by atoms with van der Waals surface area (Å²) in [5.74, 6) is 1.50. The molecule has 0 saturated heterocycles. The van der Waals surface area contributed by atoms with Crippen LogP contribution in [-0.2, 0) is 11.2 Å². The molecule has 0 aliphatic heterocycles. The molecule has 0 aliphatic rings. The van der Waals surface area contributed by atoms with Gasteiger partial charge in [-0.3, -0.25) is 4.79 Å². The summed E-state index contributed by atoms with van der Waals surface area (Å²) in [4.78, 5) is 11.8. The molecule has 0 radical (unpaired) electrons. The van der Waals surface area contributed by atoms with Crippen LogP contribution < -0.4 is 20.5 Å². The van der Waals surface area contributed by atoms with Gasteiger partial charge in [0.05, 0.1) is 14.2 Å². The summed E-state index contributed by atoms with van der Waals surface area (Å²) >= 11 is 0. The summed E-state index contributed by atoms with van der Waals surface area (Å²) in [6.07, 6.45) is 0.983. The van der Waals surface area contributed by atoms with Gasteiger partial charge in [-0.05, 0) is 44.0 Å². The second kappa shape index (κ2) is 8.74. The smallest absolute Gasteiger partial charge is 0.220 e. The normalized spacial score (nSPS) is 10.5. The average molecular weight is 317 g/mol. The Labute approximate surface area is 132 Å². The van der Waals surface area contributed by atoms with E-state index in [-0.39, 0.29) is 18.3 Å². The Morgan fingerprint density at radius 3 is 2.48 bits per heavy atom. The number of carbonyl (C=O) groups is 1. The van der Waals surface area contributed by atoms with Gasteiger partial charge < -0.3 is 20.5 Å². The quantitative estimate of drug-likeness (QED) is 0.806. The van der Waals surface area contributed by atoms with Crippen molar-refractivity contribution in [1.82, 2.24) is 5.32 Å². The van der Waals surface area contributed by atoms with Gasteiger partial charge in [0.15, 0.2) is 0 Å². The van der Waals surface area contributed by atoms with Crippen LogP contribution in [0.25, 0.3) is 0 Å². The monoisotopic (exact) mass is 316 g/mol. The zero-order valence-electron chi connectivity index (χ0n) is 13.1. The zero-order valence-corrected chi connectivity index (χ0v) is 13.9. The Bertz CT molecular complexity index is 459. The van der Waals surface area contributed by atoms with Crippen molar-refractivity contribution in [2.24, 2.45) is 5.73 Å². The molecule has 1 aromatic carbocycles. The predicted octanol–water partition coefficient (Wildman–Crippen LogP) is 1.91. The van der Waals surface area contributed by atoms with E-state index in [9.17, 15) is 4.79 Å². The van der Waals surface area contributed by atoms with Crippen molar-refractivity contribution in [3.05, 3.63) is 23.8 Å². The van der Waals surface area contributed by atoms with Crippen molar-refractivity contribution in [2.45, 2.75) is 32.2 Å². The van der Waals surface area contributed by atoms with Gasteiger partial charge in [0.1, 0.15) is 11.5 Å². The molecule has 0 unspecified atom stereocenters. The summed E-state index contributed by atoms with van der Waals surface area (Å²) in [6.45, 7) is 4.21. The third-order valence-corrected chi connectivity index (χ3v) is 2.85. The number of rotatable bonds is 7. The number of aryl methyl sites for hydroxylation is 1. The van der Waals surface area contributed by atoms with E-state index in [2.05, 4.69) is 5.32 Å². The lowest BCUT2D eigenvalue weighted by Crippen LogP contribution is -2.45. The molecule has 0 aromatic heterocycles. The highest BCUT2D eigenvalue weighted by atomic mass is 35.5. The number of methoxy groups -OCH3 is 2. The van der Waals surface area contributed by atoms with Gasteiger partial charge in [-0.15, -0.1) is 12.4 Å². The van der Waals surface area contributed by atoms with Crippen molar-refractivity contribution in [1.29, 1.82) is 0 Å². The maximum Gasteiger partial charge on any atom is 0.220 e. The van der Waals surface area contributed by atoms with Crippen LogP contribution in [0.5, 0.6) is 11.5 Å². The molecule has 0 aliphatic carbocycles. The number of ether oxygens (including phenoxy) is 2.